The molecular weight excluding hydrogens is 188 g/mol. The zero-order chi connectivity index (χ0) is 9.97. The van der Waals surface area contributed by atoms with Crippen LogP contribution in [-0.4, -0.2) is 34.3 Å². The number of aromatic carboxylic acids is 1. The number of hydrogen-bond acceptors (Lipinski definition) is 5. The van der Waals surface area contributed by atoms with Crippen LogP contribution in [0.3, 0.4) is 0 Å². The van der Waals surface area contributed by atoms with Crippen molar-refractivity contribution < 1.29 is 19.4 Å². The summed E-state index contributed by atoms with van der Waals surface area (Å²) in [5.74, 6) is -1.10. The number of carboxylic acid groups (broad SMARTS) is 1. The molecule has 1 aliphatic heterocycles. The van der Waals surface area contributed by atoms with Crippen LogP contribution in [0.15, 0.2) is 12.4 Å². The smallest absolute Gasteiger partial charge is 0.356 e. The van der Waals surface area contributed by atoms with Crippen LogP contribution in [0.2, 0.25) is 0 Å². The molecule has 1 aliphatic rings. The van der Waals surface area contributed by atoms with E-state index < -0.39 is 12.3 Å². The van der Waals surface area contributed by atoms with Gasteiger partial charge in [0, 0.05) is 0 Å². The molecule has 74 valence electrons. The van der Waals surface area contributed by atoms with Gasteiger partial charge in [0.1, 0.15) is 5.69 Å². The van der Waals surface area contributed by atoms with Crippen molar-refractivity contribution >= 4 is 5.97 Å². The van der Waals surface area contributed by atoms with E-state index in [1.165, 1.54) is 12.4 Å². The molecule has 0 aliphatic carbocycles. The van der Waals surface area contributed by atoms with Gasteiger partial charge in [-0.3, -0.25) is 4.98 Å². The maximum absolute atomic E-state index is 10.5. The van der Waals surface area contributed by atoms with E-state index in [1.54, 1.807) is 0 Å². The lowest BCUT2D eigenvalue weighted by Crippen LogP contribution is -2.06. The molecule has 0 saturated carbocycles. The number of hydrogen-bond donors (Lipinski definition) is 1. The minimum Gasteiger partial charge on any atom is -0.476 e. The van der Waals surface area contributed by atoms with Crippen LogP contribution in [0.4, 0.5) is 0 Å². The van der Waals surface area contributed by atoms with Crippen molar-refractivity contribution in [2.75, 3.05) is 13.2 Å². The van der Waals surface area contributed by atoms with Gasteiger partial charge in [-0.05, 0) is 0 Å². The van der Waals surface area contributed by atoms with Crippen molar-refractivity contribution in [3.05, 3.63) is 23.8 Å². The lowest BCUT2D eigenvalue weighted by atomic mass is 10.4. The molecular formula is C8H8N2O4. The van der Waals surface area contributed by atoms with Crippen LogP contribution >= 0.6 is 0 Å². The van der Waals surface area contributed by atoms with Crippen molar-refractivity contribution in [1.29, 1.82) is 0 Å². The lowest BCUT2D eigenvalue weighted by molar-refractivity contribution is -0.0475. The summed E-state index contributed by atoms with van der Waals surface area (Å²) in [6.45, 7) is 1.04. The van der Waals surface area contributed by atoms with Gasteiger partial charge in [-0.15, -0.1) is 0 Å². The maximum atomic E-state index is 10.5. The summed E-state index contributed by atoms with van der Waals surface area (Å²) in [5.41, 5.74) is 0.402. The van der Waals surface area contributed by atoms with Crippen LogP contribution < -0.4 is 0 Å². The molecule has 1 N–H and O–H groups in total. The van der Waals surface area contributed by atoms with Gasteiger partial charge in [-0.2, -0.15) is 0 Å². The maximum Gasteiger partial charge on any atom is 0.356 e. The quantitative estimate of drug-likeness (QED) is 0.728. The first kappa shape index (κ1) is 9.04. The Morgan fingerprint density at radius 1 is 1.36 bits per heavy atom. The summed E-state index contributed by atoms with van der Waals surface area (Å²) in [6, 6.07) is 0. The van der Waals surface area contributed by atoms with E-state index in [-0.39, 0.29) is 5.69 Å². The van der Waals surface area contributed by atoms with Gasteiger partial charge in [0.2, 0.25) is 6.29 Å². The molecule has 1 fully saturated rings. The third kappa shape index (κ3) is 1.70. The average molecular weight is 196 g/mol. The third-order valence-electron chi connectivity index (χ3n) is 1.75. The SMILES string of the molecule is O=C(O)c1cnc(C2OCCO2)cn1. The molecule has 6 heteroatoms. The zero-order valence-corrected chi connectivity index (χ0v) is 7.21. The largest absolute Gasteiger partial charge is 0.476 e. The Morgan fingerprint density at radius 2 is 2.07 bits per heavy atom. The van der Waals surface area contributed by atoms with Gasteiger partial charge in [0.05, 0.1) is 25.6 Å². The summed E-state index contributed by atoms with van der Waals surface area (Å²) in [6.07, 6.45) is 2.02. The van der Waals surface area contributed by atoms with Crippen molar-refractivity contribution in [2.45, 2.75) is 6.29 Å². The molecule has 6 nitrogen and oxygen atoms in total. The number of aromatic nitrogens is 2. The Hall–Kier alpha value is -1.53. The molecule has 1 saturated heterocycles. The van der Waals surface area contributed by atoms with Gasteiger partial charge < -0.3 is 14.6 Å². The Labute approximate surface area is 79.5 Å². The number of rotatable bonds is 2. The fraction of sp³-hybridized carbons (Fsp3) is 0.375. The monoisotopic (exact) mass is 196 g/mol. The van der Waals surface area contributed by atoms with Crippen molar-refractivity contribution in [2.24, 2.45) is 0 Å². The van der Waals surface area contributed by atoms with E-state index in [0.29, 0.717) is 18.9 Å². The molecule has 2 heterocycles. The molecule has 2 rings (SSSR count). The Bertz CT molecular complexity index is 332. The van der Waals surface area contributed by atoms with E-state index in [2.05, 4.69) is 9.97 Å². The first-order chi connectivity index (χ1) is 6.77. The minimum absolute atomic E-state index is 0.0910. The van der Waals surface area contributed by atoms with E-state index in [4.69, 9.17) is 14.6 Å². The van der Waals surface area contributed by atoms with E-state index >= 15 is 0 Å². The fourth-order valence-corrected chi connectivity index (χ4v) is 1.10. The molecule has 0 aromatic carbocycles. The second-order valence-corrected chi connectivity index (χ2v) is 2.71. The van der Waals surface area contributed by atoms with Crippen LogP contribution in [-0.2, 0) is 9.47 Å². The molecule has 1 aromatic rings. The molecule has 0 unspecified atom stereocenters. The second kappa shape index (κ2) is 3.69. The highest BCUT2D eigenvalue weighted by atomic mass is 16.7. The molecule has 0 spiro atoms. The standard InChI is InChI=1S/C8H8N2O4/c11-7(12)5-3-10-6(4-9-5)8-13-1-2-14-8/h3-4,8H,1-2H2,(H,11,12). The summed E-state index contributed by atoms with van der Waals surface area (Å²) in [5, 5.41) is 8.58. The molecule has 14 heavy (non-hydrogen) atoms. The van der Waals surface area contributed by atoms with Gasteiger partial charge in [0.25, 0.3) is 0 Å². The van der Waals surface area contributed by atoms with Gasteiger partial charge in [0.15, 0.2) is 5.69 Å². The summed E-state index contributed by atoms with van der Waals surface area (Å²) >= 11 is 0. The van der Waals surface area contributed by atoms with Crippen molar-refractivity contribution in [1.82, 2.24) is 9.97 Å². The number of ether oxygens (including phenoxy) is 2. The minimum atomic E-state index is -1.10. The first-order valence-electron chi connectivity index (χ1n) is 4.06. The van der Waals surface area contributed by atoms with Gasteiger partial charge >= 0.3 is 5.97 Å². The van der Waals surface area contributed by atoms with Crippen LogP contribution in [0.1, 0.15) is 22.5 Å². The lowest BCUT2D eigenvalue weighted by Gasteiger charge is -2.06. The molecule has 0 bridgehead atoms. The van der Waals surface area contributed by atoms with Crippen LogP contribution in [0.5, 0.6) is 0 Å². The van der Waals surface area contributed by atoms with Crippen molar-refractivity contribution in [3.63, 3.8) is 0 Å². The third-order valence-corrected chi connectivity index (χ3v) is 1.75. The fourth-order valence-electron chi connectivity index (χ4n) is 1.10. The Kier molecular flexibility index (Phi) is 2.38. The Morgan fingerprint density at radius 3 is 2.57 bits per heavy atom. The van der Waals surface area contributed by atoms with Gasteiger partial charge in [-0.25, -0.2) is 9.78 Å². The van der Waals surface area contributed by atoms with Gasteiger partial charge in [-0.1, -0.05) is 0 Å². The Balaban J connectivity index is 2.16. The molecule has 0 atom stereocenters. The summed E-state index contributed by atoms with van der Waals surface area (Å²) in [7, 11) is 0. The topological polar surface area (TPSA) is 81.5 Å². The zero-order valence-electron chi connectivity index (χ0n) is 7.21. The normalized spacial score (nSPS) is 17.1. The second-order valence-electron chi connectivity index (χ2n) is 2.71. The van der Waals surface area contributed by atoms with Crippen LogP contribution in [0.25, 0.3) is 0 Å². The van der Waals surface area contributed by atoms with E-state index in [1.807, 2.05) is 0 Å². The van der Waals surface area contributed by atoms with E-state index in [0.717, 1.165) is 0 Å². The molecule has 0 radical (unpaired) electrons. The molecule has 1 aromatic heterocycles. The highest BCUT2D eigenvalue weighted by Crippen LogP contribution is 2.20. The summed E-state index contributed by atoms with van der Waals surface area (Å²) in [4.78, 5) is 18.1. The number of carboxylic acids is 1. The molecule has 0 amide bonds. The van der Waals surface area contributed by atoms with Crippen LogP contribution in [0, 0.1) is 0 Å². The summed E-state index contributed by atoms with van der Waals surface area (Å²) < 4.78 is 10.3. The van der Waals surface area contributed by atoms with Crippen molar-refractivity contribution in [3.8, 4) is 0 Å². The van der Waals surface area contributed by atoms with E-state index in [9.17, 15) is 4.79 Å². The highest BCUT2D eigenvalue weighted by Gasteiger charge is 2.20. The number of nitrogens with zero attached hydrogens (tertiary/aromatic N) is 2. The predicted octanol–water partition coefficient (Wildman–Crippen LogP) is 0.220. The average Bonchev–Trinajstić information content (AvgIpc) is 2.71. The highest BCUT2D eigenvalue weighted by molar-refractivity contribution is 5.84. The predicted molar refractivity (Wildman–Crippen MR) is 43.6 cm³/mol. The first-order valence-corrected chi connectivity index (χ1v) is 4.06. The number of carbonyl (C=O) groups is 1.